The van der Waals surface area contributed by atoms with Crippen LogP contribution in [0.3, 0.4) is 0 Å². The van der Waals surface area contributed by atoms with Crippen molar-refractivity contribution < 1.29 is 0 Å². The van der Waals surface area contributed by atoms with E-state index in [0.29, 0.717) is 0 Å². The zero-order valence-electron chi connectivity index (χ0n) is 37.7. The maximum atomic E-state index is 4.17. The Kier molecular flexibility index (Phi) is 8.70. The van der Waals surface area contributed by atoms with E-state index < -0.39 is 5.41 Å². The largest absolute Gasteiger partial charge is 0.310 e. The molecular formula is C66H47N. The maximum absolute atomic E-state index is 4.17. The molecule has 1 unspecified atom stereocenters. The molecule has 0 fully saturated rings. The smallest absolute Gasteiger partial charge is 0.0725 e. The van der Waals surface area contributed by atoms with E-state index in [0.717, 1.165) is 22.6 Å². The van der Waals surface area contributed by atoms with E-state index >= 15 is 0 Å². The highest BCUT2D eigenvalue weighted by molar-refractivity contribution is 5.97. The van der Waals surface area contributed by atoms with Crippen LogP contribution < -0.4 is 4.90 Å². The molecular weight excluding hydrogens is 807 g/mol. The van der Waals surface area contributed by atoms with Crippen LogP contribution in [0.4, 0.5) is 17.1 Å². The minimum Gasteiger partial charge on any atom is -0.310 e. The third-order valence-electron chi connectivity index (χ3n) is 15.1. The predicted octanol–water partition coefficient (Wildman–Crippen LogP) is 17.5. The summed E-state index contributed by atoms with van der Waals surface area (Å²) in [4.78, 5) is 2.42. The van der Waals surface area contributed by atoms with Crippen LogP contribution in [0, 0.1) is 0 Å². The van der Waals surface area contributed by atoms with Crippen molar-refractivity contribution in [1.29, 1.82) is 0 Å². The number of fused-ring (bicyclic) bond motifs is 13. The molecule has 67 heavy (non-hydrogen) atoms. The lowest BCUT2D eigenvalue weighted by Gasteiger charge is -2.31. The molecule has 316 valence electrons. The Bertz CT molecular complexity index is 3600. The summed E-state index contributed by atoms with van der Waals surface area (Å²) in [6.07, 6.45) is 1.97. The average molecular weight is 854 g/mol. The fraction of sp³-hybridized carbons (Fsp3) is 0.0606. The molecule has 0 bridgehead atoms. The number of rotatable bonds is 7. The van der Waals surface area contributed by atoms with Gasteiger partial charge in [0.05, 0.1) is 5.41 Å². The summed E-state index contributed by atoms with van der Waals surface area (Å²) in [7, 11) is 0. The quantitative estimate of drug-likeness (QED) is 0.154. The molecule has 13 rings (SSSR count). The van der Waals surface area contributed by atoms with Gasteiger partial charge in [0, 0.05) is 22.5 Å². The molecule has 0 aromatic heterocycles. The third-order valence-corrected chi connectivity index (χ3v) is 15.1. The second kappa shape index (κ2) is 14.9. The highest BCUT2D eigenvalue weighted by atomic mass is 15.1. The Hall–Kier alpha value is -8.26. The van der Waals surface area contributed by atoms with Crippen LogP contribution in [-0.2, 0) is 10.8 Å². The lowest BCUT2D eigenvalue weighted by molar-refractivity contribution is 0.660. The molecule has 3 aliphatic rings. The maximum Gasteiger partial charge on any atom is 0.0725 e. The van der Waals surface area contributed by atoms with Crippen molar-refractivity contribution in [3.05, 3.63) is 276 Å². The summed E-state index contributed by atoms with van der Waals surface area (Å²) in [5, 5.41) is 0. The summed E-state index contributed by atoms with van der Waals surface area (Å²) in [6, 6.07) is 85.8. The van der Waals surface area contributed by atoms with Crippen LogP contribution in [0.5, 0.6) is 0 Å². The van der Waals surface area contributed by atoms with Gasteiger partial charge in [0.2, 0.25) is 0 Å². The van der Waals surface area contributed by atoms with Crippen LogP contribution in [0.2, 0.25) is 0 Å². The standard InChI is InChI=1S/C66H47N/c1-4-43-16-8-9-19-52(43)48-31-38-58-55-22-12-15-25-61(55)66(64(58)41-48)60-24-14-11-21-54(60)57-37-30-47(40-63(57)66)46-28-34-50(35-29-46)67(49-32-26-45(27-33-49)44-17-6-5-7-18-44)51-36-39-56-53-20-10-13-23-59(53)65(2,3)62(56)42-51/h4-42H,1H2,2-3H3. The Balaban J connectivity index is 0.945. The van der Waals surface area contributed by atoms with Gasteiger partial charge in [-0.3, -0.25) is 0 Å². The van der Waals surface area contributed by atoms with E-state index in [9.17, 15) is 0 Å². The van der Waals surface area contributed by atoms with E-state index in [4.69, 9.17) is 0 Å². The minimum absolute atomic E-state index is 0.114. The molecule has 1 heteroatoms. The van der Waals surface area contributed by atoms with Gasteiger partial charge in [-0.1, -0.05) is 208 Å². The summed E-state index contributed by atoms with van der Waals surface area (Å²) in [6.45, 7) is 8.89. The molecule has 1 nitrogen and oxygen atoms in total. The zero-order chi connectivity index (χ0) is 44.9. The fourth-order valence-corrected chi connectivity index (χ4v) is 11.9. The summed E-state index contributed by atoms with van der Waals surface area (Å²) >= 11 is 0. The van der Waals surface area contributed by atoms with Crippen LogP contribution in [-0.4, -0.2) is 0 Å². The van der Waals surface area contributed by atoms with Crippen molar-refractivity contribution in [2.75, 3.05) is 4.90 Å². The highest BCUT2D eigenvalue weighted by Crippen LogP contribution is 2.63. The van der Waals surface area contributed by atoms with Crippen LogP contribution in [0.15, 0.2) is 237 Å². The van der Waals surface area contributed by atoms with E-state index in [1.165, 1.54) is 100 Å². The first-order chi connectivity index (χ1) is 32.9. The van der Waals surface area contributed by atoms with E-state index in [2.05, 4.69) is 256 Å². The Labute approximate surface area is 393 Å². The van der Waals surface area contributed by atoms with Gasteiger partial charge in [0.15, 0.2) is 0 Å². The van der Waals surface area contributed by atoms with Crippen molar-refractivity contribution in [3.63, 3.8) is 0 Å². The van der Waals surface area contributed by atoms with E-state index in [1.54, 1.807) is 0 Å². The number of benzene rings is 10. The van der Waals surface area contributed by atoms with Crippen molar-refractivity contribution in [3.8, 4) is 66.8 Å². The van der Waals surface area contributed by atoms with Crippen LogP contribution in [0.1, 0.15) is 52.8 Å². The molecule has 0 saturated carbocycles. The highest BCUT2D eigenvalue weighted by Gasteiger charge is 2.51. The van der Waals surface area contributed by atoms with Gasteiger partial charge in [-0.05, 0) is 154 Å². The molecule has 0 saturated heterocycles. The average Bonchev–Trinajstić information content (AvgIpc) is 3.94. The second-order valence-corrected chi connectivity index (χ2v) is 18.8. The van der Waals surface area contributed by atoms with Gasteiger partial charge in [-0.25, -0.2) is 0 Å². The fourth-order valence-electron chi connectivity index (χ4n) is 11.9. The van der Waals surface area contributed by atoms with E-state index in [1.807, 2.05) is 6.08 Å². The normalized spacial score (nSPS) is 15.3. The molecule has 0 N–H and O–H groups in total. The van der Waals surface area contributed by atoms with Crippen molar-refractivity contribution >= 4 is 23.1 Å². The molecule has 0 aliphatic heterocycles. The number of nitrogens with zero attached hydrogens (tertiary/aromatic N) is 1. The van der Waals surface area contributed by atoms with Gasteiger partial charge < -0.3 is 4.90 Å². The number of hydrogen-bond donors (Lipinski definition) is 0. The van der Waals surface area contributed by atoms with Gasteiger partial charge in [-0.15, -0.1) is 0 Å². The van der Waals surface area contributed by atoms with Crippen LogP contribution in [0.25, 0.3) is 72.8 Å². The SMILES string of the molecule is C=Cc1ccccc1-c1ccc2c(c1)C1(c3ccccc3-c3ccc(-c4ccc(N(c5ccc(-c6ccccc6)cc5)c5ccc6c(c5)C(C)(C)c5ccccc5-6)cc4)cc31)c1ccccc1-2. The third kappa shape index (κ3) is 5.74. The lowest BCUT2D eigenvalue weighted by Crippen LogP contribution is -2.26. The summed E-state index contributed by atoms with van der Waals surface area (Å²) in [5.74, 6) is 0. The van der Waals surface area contributed by atoms with Gasteiger partial charge in [0.25, 0.3) is 0 Å². The second-order valence-electron chi connectivity index (χ2n) is 18.8. The number of hydrogen-bond acceptors (Lipinski definition) is 1. The Morgan fingerprint density at radius 1 is 0.313 bits per heavy atom. The lowest BCUT2D eigenvalue weighted by atomic mass is 9.70. The van der Waals surface area contributed by atoms with Crippen molar-refractivity contribution in [1.82, 2.24) is 0 Å². The van der Waals surface area contributed by atoms with E-state index in [-0.39, 0.29) is 5.41 Å². The van der Waals surface area contributed by atoms with Crippen LogP contribution >= 0.6 is 0 Å². The van der Waals surface area contributed by atoms with Gasteiger partial charge in [0.1, 0.15) is 0 Å². The molecule has 10 aromatic carbocycles. The molecule has 0 radical (unpaired) electrons. The first-order valence-corrected chi connectivity index (χ1v) is 23.4. The molecule has 1 atom stereocenters. The first-order valence-electron chi connectivity index (χ1n) is 23.4. The predicted molar refractivity (Wildman–Crippen MR) is 281 cm³/mol. The first kappa shape index (κ1) is 39.1. The van der Waals surface area contributed by atoms with Gasteiger partial charge in [-0.2, -0.15) is 0 Å². The Morgan fingerprint density at radius 3 is 1.33 bits per heavy atom. The molecule has 0 amide bonds. The summed E-state index contributed by atoms with van der Waals surface area (Å²) in [5.41, 5.74) is 27.0. The zero-order valence-corrected chi connectivity index (χ0v) is 37.7. The van der Waals surface area contributed by atoms with Crippen molar-refractivity contribution in [2.24, 2.45) is 0 Å². The summed E-state index contributed by atoms with van der Waals surface area (Å²) < 4.78 is 0. The molecule has 1 spiro atoms. The topological polar surface area (TPSA) is 3.24 Å². The molecule has 10 aromatic rings. The number of anilines is 3. The minimum atomic E-state index is -0.476. The molecule has 0 heterocycles. The monoisotopic (exact) mass is 853 g/mol. The Morgan fingerprint density at radius 2 is 0.716 bits per heavy atom. The van der Waals surface area contributed by atoms with Gasteiger partial charge >= 0.3 is 0 Å². The molecule has 3 aliphatic carbocycles. The van der Waals surface area contributed by atoms with Crippen molar-refractivity contribution in [2.45, 2.75) is 24.7 Å².